The summed E-state index contributed by atoms with van der Waals surface area (Å²) in [5.41, 5.74) is -1.03. The molecule has 2 saturated carbocycles. The fourth-order valence-corrected chi connectivity index (χ4v) is 5.64. The third-order valence-corrected chi connectivity index (χ3v) is 6.66. The molecule has 0 aromatic carbocycles. The van der Waals surface area contributed by atoms with Gasteiger partial charge in [-0.25, -0.2) is 4.79 Å². The highest BCUT2D eigenvalue weighted by Crippen LogP contribution is 2.46. The third kappa shape index (κ3) is 5.13. The summed E-state index contributed by atoms with van der Waals surface area (Å²) in [6, 6.07) is -0.447. The first kappa shape index (κ1) is 22.6. The van der Waals surface area contributed by atoms with Crippen molar-refractivity contribution in [3.05, 3.63) is 0 Å². The van der Waals surface area contributed by atoms with Crippen molar-refractivity contribution < 1.29 is 23.9 Å². The van der Waals surface area contributed by atoms with Gasteiger partial charge in [0.25, 0.3) is 11.8 Å². The first-order valence-electron chi connectivity index (χ1n) is 11.1. The van der Waals surface area contributed by atoms with Crippen molar-refractivity contribution in [3.63, 3.8) is 0 Å². The molecule has 3 aliphatic rings. The van der Waals surface area contributed by atoms with E-state index in [1.807, 2.05) is 0 Å². The number of imide groups is 1. The van der Waals surface area contributed by atoms with Gasteiger partial charge in [0.05, 0.1) is 0 Å². The Hall–Kier alpha value is -2.12. The number of rotatable bonds is 5. The Morgan fingerprint density at radius 2 is 1.77 bits per heavy atom. The molecule has 1 aliphatic heterocycles. The number of carbonyl (C=O) groups is 4. The van der Waals surface area contributed by atoms with Gasteiger partial charge in [0.1, 0.15) is 12.1 Å². The van der Waals surface area contributed by atoms with Gasteiger partial charge in [0, 0.05) is 6.04 Å². The van der Waals surface area contributed by atoms with E-state index in [0.29, 0.717) is 18.8 Å². The highest BCUT2D eigenvalue weighted by molar-refractivity contribution is 6.08. The zero-order valence-electron chi connectivity index (χ0n) is 18.6. The van der Waals surface area contributed by atoms with Crippen LogP contribution in [0.2, 0.25) is 0 Å². The molecule has 3 rings (SSSR count). The topological polar surface area (TPSA) is 105 Å². The van der Waals surface area contributed by atoms with Crippen molar-refractivity contribution in [1.29, 1.82) is 0 Å². The highest BCUT2D eigenvalue weighted by atomic mass is 16.5. The summed E-state index contributed by atoms with van der Waals surface area (Å²) >= 11 is 0. The van der Waals surface area contributed by atoms with Gasteiger partial charge in [-0.05, 0) is 62.2 Å². The number of amides is 4. The van der Waals surface area contributed by atoms with Crippen LogP contribution in [0.1, 0.15) is 72.6 Å². The van der Waals surface area contributed by atoms with Gasteiger partial charge in [-0.15, -0.1) is 0 Å². The lowest BCUT2D eigenvalue weighted by molar-refractivity contribution is -0.151. The molecule has 8 heteroatoms. The number of esters is 1. The first-order valence-corrected chi connectivity index (χ1v) is 11.1. The van der Waals surface area contributed by atoms with Crippen molar-refractivity contribution in [2.45, 2.75) is 84.2 Å². The molecule has 2 N–H and O–H groups in total. The standard InChI is InChI=1S/C22H35N3O5/c1-14-5-7-16(8-6-14)23-17(26)12-30-18(27)11-25-19(28)22(24-20(25)29)10-15(2)9-21(3,4)13-22/h14-16H,5-13H2,1-4H3,(H,23,26)(H,24,29)/t14?,15-,16?,22+/m1/s1. The molecule has 2 atom stereocenters. The lowest BCUT2D eigenvalue weighted by Crippen LogP contribution is -2.54. The van der Waals surface area contributed by atoms with Crippen LogP contribution in [0.15, 0.2) is 0 Å². The van der Waals surface area contributed by atoms with Gasteiger partial charge in [0.2, 0.25) is 0 Å². The van der Waals surface area contributed by atoms with Crippen LogP contribution in [0.25, 0.3) is 0 Å². The second-order valence-corrected chi connectivity index (χ2v) is 10.4. The van der Waals surface area contributed by atoms with E-state index in [0.717, 1.165) is 37.0 Å². The molecule has 30 heavy (non-hydrogen) atoms. The minimum atomic E-state index is -0.950. The van der Waals surface area contributed by atoms with Crippen molar-refractivity contribution in [2.24, 2.45) is 17.3 Å². The molecule has 0 aromatic rings. The average Bonchev–Trinajstić information content (AvgIpc) is 2.83. The summed E-state index contributed by atoms with van der Waals surface area (Å²) in [6.45, 7) is 7.58. The summed E-state index contributed by atoms with van der Waals surface area (Å²) in [4.78, 5) is 50.7. The van der Waals surface area contributed by atoms with Crippen LogP contribution < -0.4 is 10.6 Å². The van der Waals surface area contributed by atoms with E-state index >= 15 is 0 Å². The van der Waals surface area contributed by atoms with E-state index in [2.05, 4.69) is 38.3 Å². The highest BCUT2D eigenvalue weighted by Gasteiger charge is 2.56. The van der Waals surface area contributed by atoms with Crippen LogP contribution in [0.3, 0.4) is 0 Å². The summed E-state index contributed by atoms with van der Waals surface area (Å²) in [6.07, 6.45) is 6.11. The van der Waals surface area contributed by atoms with E-state index in [1.165, 1.54) is 0 Å². The molecule has 168 valence electrons. The van der Waals surface area contributed by atoms with Crippen LogP contribution in [-0.4, -0.2) is 53.4 Å². The summed E-state index contributed by atoms with van der Waals surface area (Å²) in [5, 5.41) is 5.72. The van der Waals surface area contributed by atoms with E-state index in [-0.39, 0.29) is 29.2 Å². The van der Waals surface area contributed by atoms with Crippen LogP contribution in [0, 0.1) is 17.3 Å². The second-order valence-electron chi connectivity index (χ2n) is 10.4. The Bertz CT molecular complexity index is 714. The Labute approximate surface area is 178 Å². The van der Waals surface area contributed by atoms with Gasteiger partial charge < -0.3 is 15.4 Å². The van der Waals surface area contributed by atoms with Crippen LogP contribution in [0.4, 0.5) is 4.79 Å². The normalized spacial score (nSPS) is 33.3. The van der Waals surface area contributed by atoms with Crippen LogP contribution >= 0.6 is 0 Å². The number of hydrogen-bond acceptors (Lipinski definition) is 5. The number of ether oxygens (including phenoxy) is 1. The lowest BCUT2D eigenvalue weighted by atomic mass is 9.64. The van der Waals surface area contributed by atoms with Crippen molar-refractivity contribution in [2.75, 3.05) is 13.2 Å². The zero-order valence-corrected chi connectivity index (χ0v) is 18.6. The SMILES string of the molecule is CC1CCC(NC(=O)COC(=O)CN2C(=O)N[C@]3(C[C@H](C)CC(C)(C)C3)C2=O)CC1. The molecular weight excluding hydrogens is 386 g/mol. The van der Waals surface area contributed by atoms with Crippen molar-refractivity contribution >= 4 is 23.8 Å². The Balaban J connectivity index is 1.50. The fourth-order valence-electron chi connectivity index (χ4n) is 5.64. The predicted molar refractivity (Wildman–Crippen MR) is 110 cm³/mol. The third-order valence-electron chi connectivity index (χ3n) is 6.66. The number of nitrogens with one attached hydrogen (secondary N) is 2. The van der Waals surface area contributed by atoms with Crippen LogP contribution in [-0.2, 0) is 19.1 Å². The number of carbonyl (C=O) groups excluding carboxylic acids is 4. The van der Waals surface area contributed by atoms with E-state index < -0.39 is 30.7 Å². The van der Waals surface area contributed by atoms with E-state index in [1.54, 1.807) is 0 Å². The Morgan fingerprint density at radius 3 is 2.40 bits per heavy atom. The number of nitrogens with zero attached hydrogens (tertiary/aromatic N) is 1. The van der Waals surface area contributed by atoms with Crippen molar-refractivity contribution in [3.8, 4) is 0 Å². The zero-order chi connectivity index (χ0) is 22.1. The first-order chi connectivity index (χ1) is 14.0. The minimum Gasteiger partial charge on any atom is -0.454 e. The van der Waals surface area contributed by atoms with Gasteiger partial charge in [-0.2, -0.15) is 0 Å². The molecule has 0 bridgehead atoms. The minimum absolute atomic E-state index is 0.0773. The maximum absolute atomic E-state index is 13.0. The van der Waals surface area contributed by atoms with Gasteiger partial charge >= 0.3 is 12.0 Å². The number of urea groups is 1. The predicted octanol–water partition coefficient (Wildman–Crippen LogP) is 2.36. The molecule has 3 fully saturated rings. The Kier molecular flexibility index (Phi) is 6.43. The summed E-state index contributed by atoms with van der Waals surface area (Å²) < 4.78 is 5.04. The quantitative estimate of drug-likeness (QED) is 0.524. The van der Waals surface area contributed by atoms with Crippen molar-refractivity contribution in [1.82, 2.24) is 15.5 Å². The smallest absolute Gasteiger partial charge is 0.326 e. The van der Waals surface area contributed by atoms with E-state index in [9.17, 15) is 19.2 Å². The van der Waals surface area contributed by atoms with Gasteiger partial charge in [-0.3, -0.25) is 19.3 Å². The van der Waals surface area contributed by atoms with Crippen LogP contribution in [0.5, 0.6) is 0 Å². The monoisotopic (exact) mass is 421 g/mol. The maximum atomic E-state index is 13.0. The summed E-state index contributed by atoms with van der Waals surface area (Å²) in [7, 11) is 0. The lowest BCUT2D eigenvalue weighted by Gasteiger charge is -2.43. The molecule has 4 amide bonds. The maximum Gasteiger partial charge on any atom is 0.326 e. The molecule has 8 nitrogen and oxygen atoms in total. The Morgan fingerprint density at radius 1 is 1.10 bits per heavy atom. The molecule has 2 aliphatic carbocycles. The largest absolute Gasteiger partial charge is 0.454 e. The molecule has 0 aromatic heterocycles. The molecule has 1 spiro atoms. The average molecular weight is 422 g/mol. The second kappa shape index (κ2) is 8.55. The summed E-state index contributed by atoms with van der Waals surface area (Å²) in [5.74, 6) is -0.507. The van der Waals surface area contributed by atoms with E-state index in [4.69, 9.17) is 4.74 Å². The number of hydrogen-bond donors (Lipinski definition) is 2. The molecular formula is C22H35N3O5. The molecule has 1 heterocycles. The van der Waals surface area contributed by atoms with Gasteiger partial charge in [0.15, 0.2) is 6.61 Å². The fraction of sp³-hybridized carbons (Fsp3) is 0.818. The molecule has 1 saturated heterocycles. The van der Waals surface area contributed by atoms with Gasteiger partial charge in [-0.1, -0.05) is 27.7 Å². The molecule has 0 radical (unpaired) electrons. The molecule has 0 unspecified atom stereocenters.